The summed E-state index contributed by atoms with van der Waals surface area (Å²) in [4.78, 5) is 15.4. The summed E-state index contributed by atoms with van der Waals surface area (Å²) >= 11 is 4.72. The predicted molar refractivity (Wildman–Crippen MR) is 85.4 cm³/mol. The van der Waals surface area contributed by atoms with Gasteiger partial charge in [-0.25, -0.2) is 4.98 Å². The molecule has 1 unspecified atom stereocenters. The highest BCUT2D eigenvalue weighted by atomic mass is 79.9. The fourth-order valence-corrected chi connectivity index (χ4v) is 3.43. The van der Waals surface area contributed by atoms with Crippen molar-refractivity contribution in [2.45, 2.75) is 37.9 Å². The Morgan fingerprint density at radius 1 is 1.55 bits per heavy atom. The maximum absolute atomic E-state index is 10.8. The minimum absolute atomic E-state index is 0.0311. The summed E-state index contributed by atoms with van der Waals surface area (Å²) < 4.78 is 3.13. The zero-order valence-corrected chi connectivity index (χ0v) is 13.9. The molecule has 2 rings (SSSR count). The van der Waals surface area contributed by atoms with Gasteiger partial charge in [-0.05, 0) is 31.5 Å². The molecule has 6 heteroatoms. The van der Waals surface area contributed by atoms with E-state index in [-0.39, 0.29) is 5.75 Å². The Morgan fingerprint density at radius 2 is 2.30 bits per heavy atom. The molecule has 0 aliphatic carbocycles. The summed E-state index contributed by atoms with van der Waals surface area (Å²) in [5, 5.41) is 9.64. The minimum Gasteiger partial charge on any atom is -0.481 e. The Kier molecular flexibility index (Phi) is 5.10. The van der Waals surface area contributed by atoms with Gasteiger partial charge in [-0.2, -0.15) is 0 Å². The molecule has 0 radical (unpaired) electrons. The van der Waals surface area contributed by atoms with Crippen molar-refractivity contribution < 1.29 is 9.90 Å². The summed E-state index contributed by atoms with van der Waals surface area (Å²) in [5.41, 5.74) is 1.96. The van der Waals surface area contributed by atoms with E-state index in [2.05, 4.69) is 39.3 Å². The van der Waals surface area contributed by atoms with Crippen LogP contribution in [0.25, 0.3) is 11.0 Å². The molecule has 0 fully saturated rings. The SMILES string of the molecule is CCCC(C)n1c(SCC(=O)O)nc2cc(Br)ccc21. The fraction of sp³-hybridized carbons (Fsp3) is 0.429. The molecule has 0 aliphatic heterocycles. The number of carboxylic acids is 1. The van der Waals surface area contributed by atoms with E-state index in [4.69, 9.17) is 5.11 Å². The van der Waals surface area contributed by atoms with Crippen LogP contribution in [0.15, 0.2) is 27.8 Å². The van der Waals surface area contributed by atoms with Crippen LogP contribution in [0.1, 0.15) is 32.7 Å². The molecule has 1 aromatic heterocycles. The molecule has 4 nitrogen and oxygen atoms in total. The second kappa shape index (κ2) is 6.63. The van der Waals surface area contributed by atoms with Gasteiger partial charge in [0.05, 0.1) is 16.8 Å². The van der Waals surface area contributed by atoms with Crippen LogP contribution in [0.5, 0.6) is 0 Å². The molecular weight excluding hydrogens is 340 g/mol. The highest BCUT2D eigenvalue weighted by Crippen LogP contribution is 2.31. The van der Waals surface area contributed by atoms with E-state index in [1.165, 1.54) is 11.8 Å². The zero-order valence-electron chi connectivity index (χ0n) is 11.5. The predicted octanol–water partition coefficient (Wildman–Crippen LogP) is 4.34. The highest BCUT2D eigenvalue weighted by molar-refractivity contribution is 9.10. The summed E-state index contributed by atoms with van der Waals surface area (Å²) in [6.07, 6.45) is 2.13. The van der Waals surface area contributed by atoms with E-state index in [0.29, 0.717) is 6.04 Å². The number of nitrogens with zero attached hydrogens (tertiary/aromatic N) is 2. The van der Waals surface area contributed by atoms with Crippen LogP contribution in [-0.2, 0) is 4.79 Å². The molecule has 1 atom stereocenters. The van der Waals surface area contributed by atoms with Crippen LogP contribution in [0, 0.1) is 0 Å². The minimum atomic E-state index is -0.821. The Hall–Kier alpha value is -1.01. The van der Waals surface area contributed by atoms with Crippen molar-refractivity contribution in [3.8, 4) is 0 Å². The number of fused-ring (bicyclic) bond motifs is 1. The van der Waals surface area contributed by atoms with Crippen LogP contribution < -0.4 is 0 Å². The fourth-order valence-electron chi connectivity index (χ4n) is 2.25. The van der Waals surface area contributed by atoms with Gasteiger partial charge in [-0.3, -0.25) is 4.79 Å². The number of rotatable bonds is 6. The third-order valence-electron chi connectivity index (χ3n) is 3.09. The monoisotopic (exact) mass is 356 g/mol. The van der Waals surface area contributed by atoms with Crippen LogP contribution >= 0.6 is 27.7 Å². The van der Waals surface area contributed by atoms with Gasteiger partial charge in [0.2, 0.25) is 0 Å². The van der Waals surface area contributed by atoms with Gasteiger partial charge in [-0.15, -0.1) is 0 Å². The summed E-state index contributed by atoms with van der Waals surface area (Å²) in [7, 11) is 0. The molecule has 1 heterocycles. The lowest BCUT2D eigenvalue weighted by molar-refractivity contribution is -0.133. The lowest BCUT2D eigenvalue weighted by Gasteiger charge is -2.16. The normalized spacial score (nSPS) is 12.8. The Balaban J connectivity index is 2.47. The molecule has 0 spiro atoms. The third-order valence-corrected chi connectivity index (χ3v) is 4.52. The first kappa shape index (κ1) is 15.4. The Bertz CT molecular complexity index is 627. The smallest absolute Gasteiger partial charge is 0.313 e. The number of benzene rings is 1. The van der Waals surface area contributed by atoms with Crippen LogP contribution in [0.4, 0.5) is 0 Å². The Labute approximate surface area is 130 Å². The molecule has 0 bridgehead atoms. The quantitative estimate of drug-likeness (QED) is 0.782. The van der Waals surface area contributed by atoms with E-state index in [1.807, 2.05) is 18.2 Å². The van der Waals surface area contributed by atoms with Gasteiger partial charge in [0.1, 0.15) is 0 Å². The molecule has 0 amide bonds. The molecule has 0 saturated carbocycles. The molecule has 20 heavy (non-hydrogen) atoms. The zero-order chi connectivity index (χ0) is 14.7. The van der Waals surface area contributed by atoms with E-state index in [0.717, 1.165) is 33.5 Å². The van der Waals surface area contributed by atoms with Gasteiger partial charge in [0.15, 0.2) is 5.16 Å². The van der Waals surface area contributed by atoms with Crippen molar-refractivity contribution in [3.05, 3.63) is 22.7 Å². The van der Waals surface area contributed by atoms with Gasteiger partial charge < -0.3 is 9.67 Å². The van der Waals surface area contributed by atoms with Crippen molar-refractivity contribution in [3.63, 3.8) is 0 Å². The lowest BCUT2D eigenvalue weighted by atomic mass is 10.2. The molecule has 2 aromatic rings. The van der Waals surface area contributed by atoms with E-state index >= 15 is 0 Å². The molecule has 1 N–H and O–H groups in total. The number of hydrogen-bond acceptors (Lipinski definition) is 3. The summed E-state index contributed by atoms with van der Waals surface area (Å²) in [6, 6.07) is 6.30. The first-order chi connectivity index (χ1) is 9.52. The number of carbonyl (C=O) groups is 1. The van der Waals surface area contributed by atoms with Crippen molar-refractivity contribution in [2.75, 3.05) is 5.75 Å². The maximum atomic E-state index is 10.8. The number of hydrogen-bond donors (Lipinski definition) is 1. The van der Waals surface area contributed by atoms with Gasteiger partial charge >= 0.3 is 5.97 Å². The van der Waals surface area contributed by atoms with Crippen molar-refractivity contribution in [1.82, 2.24) is 9.55 Å². The second-order valence-electron chi connectivity index (χ2n) is 4.72. The van der Waals surface area contributed by atoms with Crippen LogP contribution in [0.3, 0.4) is 0 Å². The molecule has 0 saturated heterocycles. The van der Waals surface area contributed by atoms with Crippen molar-refractivity contribution in [1.29, 1.82) is 0 Å². The standard InChI is InChI=1S/C14H17BrN2O2S/c1-3-4-9(2)17-12-6-5-10(15)7-11(12)16-14(17)20-8-13(18)19/h5-7,9H,3-4,8H2,1-2H3,(H,18,19). The van der Waals surface area contributed by atoms with E-state index < -0.39 is 5.97 Å². The lowest BCUT2D eigenvalue weighted by Crippen LogP contribution is -2.08. The van der Waals surface area contributed by atoms with E-state index in [1.54, 1.807) is 0 Å². The molecular formula is C14H17BrN2O2S. The number of aromatic nitrogens is 2. The molecule has 108 valence electrons. The van der Waals surface area contributed by atoms with Crippen LogP contribution in [-0.4, -0.2) is 26.4 Å². The topological polar surface area (TPSA) is 55.1 Å². The number of aliphatic carboxylic acids is 1. The van der Waals surface area contributed by atoms with Crippen molar-refractivity contribution in [2.24, 2.45) is 0 Å². The molecule has 0 aliphatic rings. The number of thioether (sulfide) groups is 1. The maximum Gasteiger partial charge on any atom is 0.313 e. The highest BCUT2D eigenvalue weighted by Gasteiger charge is 2.17. The summed E-state index contributed by atoms with van der Waals surface area (Å²) in [5.74, 6) is -0.790. The average molecular weight is 357 g/mol. The Morgan fingerprint density at radius 3 is 2.95 bits per heavy atom. The van der Waals surface area contributed by atoms with Crippen molar-refractivity contribution >= 4 is 44.7 Å². The van der Waals surface area contributed by atoms with Crippen LogP contribution in [0.2, 0.25) is 0 Å². The third kappa shape index (κ3) is 3.35. The molecule has 1 aromatic carbocycles. The number of halogens is 1. The van der Waals surface area contributed by atoms with Gasteiger partial charge in [-0.1, -0.05) is 41.0 Å². The summed E-state index contributed by atoms with van der Waals surface area (Å²) in [6.45, 7) is 4.30. The van der Waals surface area contributed by atoms with E-state index in [9.17, 15) is 4.79 Å². The largest absolute Gasteiger partial charge is 0.481 e. The number of imidazole rings is 1. The first-order valence-electron chi connectivity index (χ1n) is 6.55. The second-order valence-corrected chi connectivity index (χ2v) is 6.58. The van der Waals surface area contributed by atoms with Gasteiger partial charge in [0.25, 0.3) is 0 Å². The number of carboxylic acid groups (broad SMARTS) is 1. The average Bonchev–Trinajstić information content (AvgIpc) is 2.74. The first-order valence-corrected chi connectivity index (χ1v) is 8.33. The van der Waals surface area contributed by atoms with Gasteiger partial charge in [0, 0.05) is 10.5 Å².